The van der Waals surface area contributed by atoms with Gasteiger partial charge in [0, 0.05) is 19.3 Å². The average Bonchev–Trinajstić information content (AvgIpc) is 2.70. The van der Waals surface area contributed by atoms with Crippen molar-refractivity contribution in [3.05, 3.63) is 29.8 Å². The van der Waals surface area contributed by atoms with E-state index < -0.39 is 6.29 Å². The lowest BCUT2D eigenvalue weighted by Crippen LogP contribution is -2.13. The number of benzene rings is 1. The van der Waals surface area contributed by atoms with E-state index >= 15 is 0 Å². The van der Waals surface area contributed by atoms with Crippen LogP contribution in [-0.4, -0.2) is 28.9 Å². The summed E-state index contributed by atoms with van der Waals surface area (Å²) < 4.78 is 5.83. The zero-order chi connectivity index (χ0) is 20.2. The van der Waals surface area contributed by atoms with Gasteiger partial charge in [0.05, 0.1) is 6.61 Å². The smallest absolute Gasteiger partial charge is 0.151 e. The molecule has 4 nitrogen and oxygen atoms in total. The van der Waals surface area contributed by atoms with Crippen LogP contribution in [0, 0.1) is 5.92 Å². The summed E-state index contributed by atoms with van der Waals surface area (Å²) in [5.74, 6) is 2.69. The molecule has 0 unspecified atom stereocenters. The van der Waals surface area contributed by atoms with E-state index in [-0.39, 0.29) is 18.6 Å². The maximum atomic E-state index is 11.6. The van der Waals surface area contributed by atoms with Gasteiger partial charge >= 0.3 is 0 Å². The number of rotatable bonds is 13. The molecule has 0 amide bonds. The number of Topliss-reactive ketones (excluding diaryl/α,β-unsaturated/α-hetero) is 1. The van der Waals surface area contributed by atoms with E-state index in [1.54, 1.807) is 0 Å². The maximum absolute atomic E-state index is 11.6. The highest BCUT2D eigenvalue weighted by molar-refractivity contribution is 5.78. The zero-order valence-corrected chi connectivity index (χ0v) is 17.4. The quantitative estimate of drug-likeness (QED) is 0.351. The van der Waals surface area contributed by atoms with Gasteiger partial charge in [0.2, 0.25) is 0 Å². The summed E-state index contributed by atoms with van der Waals surface area (Å²) >= 11 is 0. The van der Waals surface area contributed by atoms with E-state index in [4.69, 9.17) is 14.9 Å². The number of aliphatic hydroxyl groups excluding tert-OH is 1. The highest BCUT2D eigenvalue weighted by Gasteiger charge is 2.21. The van der Waals surface area contributed by atoms with Crippen LogP contribution in [0.2, 0.25) is 0 Å². The van der Waals surface area contributed by atoms with Crippen LogP contribution in [0.3, 0.4) is 0 Å². The largest absolute Gasteiger partial charge is 0.494 e. The number of ether oxygens (including phenoxy) is 1. The van der Waals surface area contributed by atoms with Gasteiger partial charge in [-0.15, -0.1) is 0 Å². The Morgan fingerprint density at radius 1 is 1.04 bits per heavy atom. The Kier molecular flexibility index (Phi) is 10.6. The van der Waals surface area contributed by atoms with Gasteiger partial charge in [-0.3, -0.25) is 4.79 Å². The van der Waals surface area contributed by atoms with Gasteiger partial charge in [0.1, 0.15) is 11.5 Å². The van der Waals surface area contributed by atoms with Crippen molar-refractivity contribution in [2.75, 3.05) is 6.61 Å². The Morgan fingerprint density at radius 2 is 1.75 bits per heavy atom. The fraction of sp³-hybridized carbons (Fsp3) is 0.708. The third-order valence-electron chi connectivity index (χ3n) is 5.95. The van der Waals surface area contributed by atoms with Crippen molar-refractivity contribution in [2.45, 2.75) is 96.2 Å². The fourth-order valence-electron chi connectivity index (χ4n) is 4.24. The number of ketones is 1. The minimum absolute atomic E-state index is 0.105. The molecule has 1 aromatic carbocycles. The molecule has 0 spiro atoms. The van der Waals surface area contributed by atoms with E-state index in [2.05, 4.69) is 31.2 Å². The lowest BCUT2D eigenvalue weighted by atomic mass is 9.77. The van der Waals surface area contributed by atoms with Crippen molar-refractivity contribution >= 4 is 5.78 Å². The number of unbranched alkanes of at least 4 members (excludes halogenated alkanes) is 2. The summed E-state index contributed by atoms with van der Waals surface area (Å²) in [6.07, 6.45) is 10.3. The van der Waals surface area contributed by atoms with Crippen LogP contribution < -0.4 is 4.74 Å². The van der Waals surface area contributed by atoms with Crippen molar-refractivity contribution in [1.82, 2.24) is 0 Å². The highest BCUT2D eigenvalue weighted by Crippen LogP contribution is 2.37. The van der Waals surface area contributed by atoms with Crippen LogP contribution in [0.25, 0.3) is 0 Å². The number of carbonyl (C=O) groups excluding carboxylic acids is 1. The van der Waals surface area contributed by atoms with Crippen molar-refractivity contribution in [3.8, 4) is 5.75 Å². The van der Waals surface area contributed by atoms with Crippen LogP contribution in [0.15, 0.2) is 24.3 Å². The van der Waals surface area contributed by atoms with Gasteiger partial charge < -0.3 is 14.9 Å². The van der Waals surface area contributed by atoms with Gasteiger partial charge in [-0.1, -0.05) is 31.9 Å². The van der Waals surface area contributed by atoms with Gasteiger partial charge in [0.25, 0.3) is 0 Å². The standard InChI is InChI=1S/C24H38O4/c1-2-6-19-8-10-20(11-9-19)21-12-15-23(16-13-21)28-18-5-3-4-7-22(25)14-17-24(26)27/h12-13,15-16,19-20,24,26-27H,2-11,14,17-18H2,1H3/t19-,20-. The van der Waals surface area contributed by atoms with Crippen LogP contribution in [0.5, 0.6) is 5.75 Å². The van der Waals surface area contributed by atoms with Crippen molar-refractivity contribution in [3.63, 3.8) is 0 Å². The Balaban J connectivity index is 1.57. The minimum atomic E-state index is -1.38. The normalized spacial score (nSPS) is 19.7. The first-order valence-corrected chi connectivity index (χ1v) is 11.2. The SMILES string of the molecule is CCC[C@H]1CC[C@H](c2ccc(OCCCCCC(=O)CCC(O)O)cc2)CC1. The van der Waals surface area contributed by atoms with Gasteiger partial charge in [-0.25, -0.2) is 0 Å². The highest BCUT2D eigenvalue weighted by atomic mass is 16.5. The molecule has 0 saturated heterocycles. The van der Waals surface area contributed by atoms with E-state index in [1.807, 2.05) is 0 Å². The third-order valence-corrected chi connectivity index (χ3v) is 5.95. The molecule has 1 aliphatic rings. The topological polar surface area (TPSA) is 66.8 Å². The first kappa shape index (κ1) is 22.9. The average molecular weight is 391 g/mol. The summed E-state index contributed by atoms with van der Waals surface area (Å²) in [5.41, 5.74) is 1.45. The van der Waals surface area contributed by atoms with Gasteiger partial charge in [0.15, 0.2) is 6.29 Å². The number of aliphatic hydroxyl groups is 2. The van der Waals surface area contributed by atoms with Crippen LogP contribution in [-0.2, 0) is 4.79 Å². The summed E-state index contributed by atoms with van der Waals surface area (Å²) in [4.78, 5) is 11.6. The second kappa shape index (κ2) is 12.9. The Morgan fingerprint density at radius 3 is 2.39 bits per heavy atom. The first-order chi connectivity index (χ1) is 13.6. The molecule has 158 valence electrons. The molecule has 1 saturated carbocycles. The van der Waals surface area contributed by atoms with Crippen molar-refractivity contribution in [2.24, 2.45) is 5.92 Å². The second-order valence-corrected chi connectivity index (χ2v) is 8.29. The monoisotopic (exact) mass is 390 g/mol. The Bertz CT molecular complexity index is 544. The zero-order valence-electron chi connectivity index (χ0n) is 17.4. The maximum Gasteiger partial charge on any atom is 0.151 e. The molecule has 1 aromatic rings. The van der Waals surface area contributed by atoms with E-state index in [1.165, 1.54) is 44.1 Å². The molecule has 4 heteroatoms. The lowest BCUT2D eigenvalue weighted by Gasteiger charge is -2.28. The molecule has 1 fully saturated rings. The molecule has 2 rings (SSSR count). The summed E-state index contributed by atoms with van der Waals surface area (Å²) in [6, 6.07) is 8.65. The molecule has 28 heavy (non-hydrogen) atoms. The summed E-state index contributed by atoms with van der Waals surface area (Å²) in [6.45, 7) is 2.96. The second-order valence-electron chi connectivity index (χ2n) is 8.29. The van der Waals surface area contributed by atoms with Crippen LogP contribution in [0.1, 0.15) is 95.5 Å². The molecular weight excluding hydrogens is 352 g/mol. The molecule has 0 radical (unpaired) electrons. The molecule has 0 bridgehead atoms. The lowest BCUT2D eigenvalue weighted by molar-refractivity contribution is -0.121. The van der Waals surface area contributed by atoms with E-state index in [0.29, 0.717) is 18.9 Å². The Labute approximate surface area is 170 Å². The minimum Gasteiger partial charge on any atom is -0.494 e. The molecule has 0 heterocycles. The Hall–Kier alpha value is -1.39. The van der Waals surface area contributed by atoms with Gasteiger partial charge in [-0.2, -0.15) is 0 Å². The fourth-order valence-corrected chi connectivity index (χ4v) is 4.24. The molecule has 1 aliphatic carbocycles. The predicted octanol–water partition coefficient (Wildman–Crippen LogP) is 5.36. The summed E-state index contributed by atoms with van der Waals surface area (Å²) in [7, 11) is 0. The van der Waals surface area contributed by atoms with Crippen molar-refractivity contribution in [1.29, 1.82) is 0 Å². The van der Waals surface area contributed by atoms with Crippen LogP contribution in [0.4, 0.5) is 0 Å². The molecule has 0 aliphatic heterocycles. The molecule has 2 N–H and O–H groups in total. The van der Waals surface area contributed by atoms with Crippen molar-refractivity contribution < 1.29 is 19.7 Å². The third kappa shape index (κ3) is 8.74. The van der Waals surface area contributed by atoms with Crippen LogP contribution >= 0.6 is 0 Å². The number of hydrogen-bond donors (Lipinski definition) is 2. The number of carbonyl (C=O) groups is 1. The molecule has 0 aromatic heterocycles. The molecule has 0 atom stereocenters. The van der Waals surface area contributed by atoms with E-state index in [9.17, 15) is 4.79 Å². The summed E-state index contributed by atoms with van der Waals surface area (Å²) in [5, 5.41) is 17.5. The first-order valence-electron chi connectivity index (χ1n) is 11.2. The number of hydrogen-bond acceptors (Lipinski definition) is 4. The predicted molar refractivity (Wildman–Crippen MR) is 112 cm³/mol. The van der Waals surface area contributed by atoms with Gasteiger partial charge in [-0.05, 0) is 74.5 Å². The molecular formula is C24H38O4. The van der Waals surface area contributed by atoms with E-state index in [0.717, 1.165) is 30.9 Å².